The molecule has 0 aliphatic heterocycles. The summed E-state index contributed by atoms with van der Waals surface area (Å²) in [7, 11) is 0. The van der Waals surface area contributed by atoms with Gasteiger partial charge in [0.1, 0.15) is 0 Å². The van der Waals surface area contributed by atoms with E-state index in [1.165, 1.54) is 8.49 Å². The second-order valence-electron chi connectivity index (χ2n) is 5.28. The molecule has 0 aromatic heterocycles. The minimum absolute atomic E-state index is 0.417. The molecule has 0 aliphatic rings. The Morgan fingerprint density at radius 1 is 1.12 bits per heavy atom. The molecule has 6 heteroatoms. The zero-order chi connectivity index (χ0) is 18.7. The summed E-state index contributed by atoms with van der Waals surface area (Å²) in [4.78, 5) is 0. The van der Waals surface area contributed by atoms with Crippen LogP contribution in [0.4, 0.5) is 0 Å². The van der Waals surface area contributed by atoms with Crippen LogP contribution in [-0.2, 0) is 6.54 Å². The number of rotatable bonds is 7. The van der Waals surface area contributed by atoms with E-state index in [4.69, 9.17) is 11.6 Å². The standard InChI is InChI=1S/C17H22N5.C2H6.Tl/c1-2-11-20-12-13-7-9-14(10-8-13)15-5-3-4-6-16(15)17(18)21-22-19;1-2;/h3-10,20H,2,11-12,19H2,1H3,(H2,18,21);1-2H3;/q-1;;+1. The van der Waals surface area contributed by atoms with Crippen molar-refractivity contribution in [2.45, 2.75) is 33.7 Å². The first-order valence-electron chi connectivity index (χ1n) is 8.65. The van der Waals surface area contributed by atoms with Gasteiger partial charge in [-0.2, -0.15) is 0 Å². The number of hydrazine groups is 1. The summed E-state index contributed by atoms with van der Waals surface area (Å²) in [5.41, 5.74) is 10.5. The van der Waals surface area contributed by atoms with Gasteiger partial charge in [-0.25, -0.2) is 0 Å². The molecule has 5 nitrogen and oxygen atoms in total. The Bertz CT molecular complexity index is 653. The average Bonchev–Trinajstić information content (AvgIpc) is 2.64. The van der Waals surface area contributed by atoms with Crippen LogP contribution in [0.15, 0.2) is 53.6 Å². The molecule has 0 saturated heterocycles. The Kier molecular flexibility index (Phi) is 10.4. The number of nitrogens with two attached hydrogens (primary N) is 2. The molecule has 0 unspecified atom stereocenters. The third-order valence-corrected chi connectivity index (χ3v) is 3.90. The van der Waals surface area contributed by atoms with Crippen LogP contribution in [-0.4, -0.2) is 41.4 Å². The summed E-state index contributed by atoms with van der Waals surface area (Å²) in [6, 6.07) is 16.5. The summed E-state index contributed by atoms with van der Waals surface area (Å²) < 4.78 is 1.38. The molecular formula is C19H28N5Tl. The van der Waals surface area contributed by atoms with Gasteiger partial charge < -0.3 is 0 Å². The van der Waals surface area contributed by atoms with Crippen LogP contribution < -0.4 is 16.9 Å². The maximum absolute atomic E-state index is 6.09. The van der Waals surface area contributed by atoms with Crippen molar-refractivity contribution in [1.82, 2.24) is 8.24 Å². The SMILES string of the molecule is CC.CCCNCc1ccc(-c2ccccc2/C(N)=N/[N](N)[Tl])cc1. The second-order valence-corrected chi connectivity index (χ2v) is 7.34. The molecule has 0 atom stereocenters. The van der Waals surface area contributed by atoms with E-state index in [0.29, 0.717) is 31.9 Å². The number of benzene rings is 2. The molecule has 0 heterocycles. The number of amidine groups is 1. The molecule has 2 rings (SSSR count). The van der Waals surface area contributed by atoms with Crippen LogP contribution in [0.2, 0.25) is 0 Å². The third kappa shape index (κ3) is 7.13. The first-order chi connectivity index (χ1) is 12.1. The topological polar surface area (TPSA) is 79.7 Å². The molecule has 0 spiro atoms. The normalized spacial score (nSPS) is 10.8. The van der Waals surface area contributed by atoms with E-state index in [2.05, 4.69) is 47.7 Å². The molecule has 2 aromatic carbocycles. The molecule has 2 aromatic rings. The molecule has 0 bridgehead atoms. The molecule has 0 radical (unpaired) electrons. The Morgan fingerprint density at radius 3 is 2.36 bits per heavy atom. The van der Waals surface area contributed by atoms with Crippen molar-refractivity contribution in [3.05, 3.63) is 59.7 Å². The zero-order valence-corrected chi connectivity index (χ0v) is 19.9. The fourth-order valence-electron chi connectivity index (χ4n) is 2.35. The Hall–Kier alpha value is -1.45. The van der Waals surface area contributed by atoms with Crippen molar-refractivity contribution in [3.8, 4) is 11.1 Å². The van der Waals surface area contributed by atoms with Crippen LogP contribution >= 0.6 is 0 Å². The number of nitrogens with one attached hydrogen (secondary N) is 1. The van der Waals surface area contributed by atoms with E-state index in [0.717, 1.165) is 36.2 Å². The van der Waals surface area contributed by atoms with Gasteiger partial charge in [0, 0.05) is 0 Å². The maximum atomic E-state index is 6.09. The molecule has 0 amide bonds. The van der Waals surface area contributed by atoms with Crippen LogP contribution in [0, 0.1) is 0 Å². The summed E-state index contributed by atoms with van der Waals surface area (Å²) in [5, 5.41) is 7.58. The van der Waals surface area contributed by atoms with E-state index < -0.39 is 0 Å². The molecule has 0 aliphatic carbocycles. The third-order valence-electron chi connectivity index (χ3n) is 3.45. The van der Waals surface area contributed by atoms with Gasteiger partial charge in [0.2, 0.25) is 0 Å². The monoisotopic (exact) mass is 531 g/mol. The molecular weight excluding hydrogens is 503 g/mol. The number of hydrogen-bond donors (Lipinski definition) is 3. The van der Waals surface area contributed by atoms with Crippen molar-refractivity contribution in [1.29, 1.82) is 0 Å². The minimum atomic E-state index is 0.417. The van der Waals surface area contributed by atoms with E-state index in [9.17, 15) is 0 Å². The predicted octanol–water partition coefficient (Wildman–Crippen LogP) is 2.76. The Labute approximate surface area is 167 Å². The van der Waals surface area contributed by atoms with Gasteiger partial charge in [0.05, 0.1) is 0 Å². The molecule has 25 heavy (non-hydrogen) atoms. The summed E-state index contributed by atoms with van der Waals surface area (Å²) in [6.07, 6.45) is 1.14. The van der Waals surface area contributed by atoms with Crippen LogP contribution in [0.25, 0.3) is 11.1 Å². The van der Waals surface area contributed by atoms with Crippen LogP contribution in [0.3, 0.4) is 0 Å². The van der Waals surface area contributed by atoms with Gasteiger partial charge >= 0.3 is 141 Å². The van der Waals surface area contributed by atoms with E-state index >= 15 is 0 Å². The fraction of sp³-hybridized carbons (Fsp3) is 0.316. The Balaban J connectivity index is 0.00000151. The van der Waals surface area contributed by atoms with Crippen molar-refractivity contribution in [2.75, 3.05) is 6.54 Å². The van der Waals surface area contributed by atoms with Gasteiger partial charge in [-0.05, 0) is 6.42 Å². The van der Waals surface area contributed by atoms with Crippen molar-refractivity contribution in [2.24, 2.45) is 16.7 Å². The molecule has 0 saturated carbocycles. The second kappa shape index (κ2) is 12.0. The predicted molar refractivity (Wildman–Crippen MR) is 108 cm³/mol. The van der Waals surface area contributed by atoms with Crippen molar-refractivity contribution in [3.63, 3.8) is 0 Å². The number of nitrogens with zero attached hydrogens (tertiary/aromatic N) is 2. The van der Waals surface area contributed by atoms with E-state index in [1.807, 2.05) is 32.0 Å². The number of hydrazone groups is 1. The molecule has 132 valence electrons. The van der Waals surface area contributed by atoms with E-state index in [1.54, 1.807) is 0 Å². The Morgan fingerprint density at radius 2 is 1.76 bits per heavy atom. The molecule has 0 fully saturated rings. The van der Waals surface area contributed by atoms with Crippen LogP contribution in [0.1, 0.15) is 38.3 Å². The average molecular weight is 531 g/mol. The summed E-state index contributed by atoms with van der Waals surface area (Å²) >= 11 is 0.417. The quantitative estimate of drug-likeness (QED) is 0.128. The first kappa shape index (κ1) is 21.6. The fourth-order valence-corrected chi connectivity index (χ4v) is 2.83. The summed E-state index contributed by atoms with van der Waals surface area (Å²) in [6.45, 7) is 8.10. The van der Waals surface area contributed by atoms with Crippen molar-refractivity contribution >= 4 is 31.9 Å². The van der Waals surface area contributed by atoms with Gasteiger partial charge in [-0.1, -0.05) is 20.8 Å². The van der Waals surface area contributed by atoms with Crippen LogP contribution in [0.5, 0.6) is 0 Å². The van der Waals surface area contributed by atoms with Gasteiger partial charge in [-0.15, -0.1) is 0 Å². The van der Waals surface area contributed by atoms with Crippen molar-refractivity contribution < 1.29 is 0 Å². The number of hydrogen-bond acceptors (Lipinski definition) is 4. The van der Waals surface area contributed by atoms with Gasteiger partial charge in [0.25, 0.3) is 0 Å². The van der Waals surface area contributed by atoms with Gasteiger partial charge in [-0.3, -0.25) is 0 Å². The molecule has 5 N–H and O–H groups in total. The first-order valence-corrected chi connectivity index (χ1v) is 10.7. The van der Waals surface area contributed by atoms with Gasteiger partial charge in [0.15, 0.2) is 0 Å². The zero-order valence-electron chi connectivity index (χ0n) is 15.4. The summed E-state index contributed by atoms with van der Waals surface area (Å²) in [5.74, 6) is 6.07. The van der Waals surface area contributed by atoms with E-state index in [-0.39, 0.29) is 0 Å².